The number of rotatable bonds is 3. The first-order valence-electron chi connectivity index (χ1n) is 2.28. The average Bonchev–Trinajstić information content (AvgIpc) is 1.87. The Morgan fingerprint density at radius 3 is 1.25 bits per heavy atom. The lowest BCUT2D eigenvalue weighted by Gasteiger charge is -2.10. The minimum Gasteiger partial charge on any atom is -0.101 e. The van der Waals surface area contributed by atoms with Gasteiger partial charge in [-0.15, -0.1) is 19.7 Å². The zero-order valence-electron chi connectivity index (χ0n) is 4.73. The third-order valence-corrected chi connectivity index (χ3v) is 1.91. The molecule has 0 bridgehead atoms. The van der Waals surface area contributed by atoms with Gasteiger partial charge in [-0.3, -0.25) is 0 Å². The summed E-state index contributed by atoms with van der Waals surface area (Å²) in [5.41, 5.74) is 0. The van der Waals surface area contributed by atoms with E-state index in [1.54, 1.807) is 18.2 Å². The first kappa shape index (κ1) is 7.70. The number of hydrogen-bond donors (Lipinski definition) is 0. The molecule has 0 atom stereocenters. The third kappa shape index (κ3) is 1.66. The van der Waals surface area contributed by atoms with Gasteiger partial charge in [0, 0.05) is 0 Å². The molecule has 0 N–H and O–H groups in total. The van der Waals surface area contributed by atoms with Crippen LogP contribution in [0.25, 0.3) is 0 Å². The van der Waals surface area contributed by atoms with Gasteiger partial charge in [0.25, 0.3) is 0 Å². The quantitative estimate of drug-likeness (QED) is 0.454. The van der Waals surface area contributed by atoms with E-state index in [0.717, 1.165) is 0 Å². The normalized spacial score (nSPS) is 10.1. The van der Waals surface area contributed by atoms with Crippen LogP contribution in [0.3, 0.4) is 0 Å². The minimum atomic E-state index is -0.271. The summed E-state index contributed by atoms with van der Waals surface area (Å²) in [6, 6.07) is 0. The molecule has 0 amide bonds. The Labute approximate surface area is 58.7 Å². The van der Waals surface area contributed by atoms with Crippen LogP contribution in [0.15, 0.2) is 38.0 Å². The van der Waals surface area contributed by atoms with Gasteiger partial charge in [0.1, 0.15) is 0 Å². The van der Waals surface area contributed by atoms with Crippen molar-refractivity contribution in [1.29, 1.82) is 0 Å². The summed E-state index contributed by atoms with van der Waals surface area (Å²) >= 11 is 3.33. The number of allylic oxidation sites excluding steroid dienone is 3. The molecule has 0 spiro atoms. The second kappa shape index (κ2) is 2.88. The molecule has 1 heteroatoms. The summed E-state index contributed by atoms with van der Waals surface area (Å²) in [5.74, 6) is 0. The molecule has 0 saturated carbocycles. The van der Waals surface area contributed by atoms with Crippen molar-refractivity contribution in [3.05, 3.63) is 38.0 Å². The monoisotopic (exact) mass is 172 g/mol. The van der Waals surface area contributed by atoms with Crippen molar-refractivity contribution < 1.29 is 0 Å². The highest BCUT2D eigenvalue weighted by Crippen LogP contribution is 2.20. The molecule has 0 unspecified atom stereocenters. The zero-order valence-corrected chi connectivity index (χ0v) is 6.32. The van der Waals surface area contributed by atoms with E-state index in [-0.39, 0.29) is 4.32 Å². The van der Waals surface area contributed by atoms with Crippen molar-refractivity contribution in [1.82, 2.24) is 0 Å². The van der Waals surface area contributed by atoms with E-state index in [2.05, 4.69) is 35.7 Å². The van der Waals surface area contributed by atoms with Gasteiger partial charge in [0.2, 0.25) is 0 Å². The van der Waals surface area contributed by atoms with E-state index in [1.165, 1.54) is 0 Å². The Hall–Kier alpha value is -0.300. The molecule has 0 aliphatic rings. The van der Waals surface area contributed by atoms with Crippen LogP contribution in [0.1, 0.15) is 0 Å². The van der Waals surface area contributed by atoms with E-state index in [1.807, 2.05) is 0 Å². The highest BCUT2D eigenvalue weighted by atomic mass is 79.9. The average molecular weight is 173 g/mol. The Bertz CT molecular complexity index is 91.8. The fourth-order valence-corrected chi connectivity index (χ4v) is 0.250. The van der Waals surface area contributed by atoms with E-state index < -0.39 is 0 Å². The predicted molar refractivity (Wildman–Crippen MR) is 42.2 cm³/mol. The Balaban J connectivity index is 4.18. The molecule has 0 aromatic rings. The largest absolute Gasteiger partial charge is 0.101 e. The molecule has 8 heavy (non-hydrogen) atoms. The number of alkyl halides is 1. The van der Waals surface area contributed by atoms with Crippen LogP contribution in [0.2, 0.25) is 0 Å². The summed E-state index contributed by atoms with van der Waals surface area (Å²) in [4.78, 5) is 0. The fraction of sp³-hybridized carbons (Fsp3) is 0.143. The molecule has 0 radical (unpaired) electrons. The van der Waals surface area contributed by atoms with Crippen LogP contribution < -0.4 is 0 Å². The van der Waals surface area contributed by atoms with E-state index in [0.29, 0.717) is 0 Å². The summed E-state index contributed by atoms with van der Waals surface area (Å²) in [6.07, 6.45) is 5.19. The van der Waals surface area contributed by atoms with Gasteiger partial charge in [-0.05, 0) is 0 Å². The lowest BCUT2D eigenvalue weighted by Crippen LogP contribution is -2.06. The van der Waals surface area contributed by atoms with E-state index in [9.17, 15) is 0 Å². The molecular formula is C7H9Br. The first-order valence-corrected chi connectivity index (χ1v) is 3.07. The molecular weight excluding hydrogens is 164 g/mol. The van der Waals surface area contributed by atoms with Crippen LogP contribution in [-0.2, 0) is 0 Å². The maximum Gasteiger partial charge on any atom is 0.0789 e. The van der Waals surface area contributed by atoms with Crippen molar-refractivity contribution in [2.24, 2.45) is 0 Å². The lowest BCUT2D eigenvalue weighted by molar-refractivity contribution is 1.18. The predicted octanol–water partition coefficient (Wildman–Crippen LogP) is 2.68. The van der Waals surface area contributed by atoms with Gasteiger partial charge in [-0.2, -0.15) is 0 Å². The zero-order chi connectivity index (χ0) is 6.62. The van der Waals surface area contributed by atoms with Crippen LogP contribution >= 0.6 is 15.9 Å². The van der Waals surface area contributed by atoms with Crippen molar-refractivity contribution in [2.75, 3.05) is 0 Å². The summed E-state index contributed by atoms with van der Waals surface area (Å²) in [7, 11) is 0. The fourth-order valence-electron chi connectivity index (χ4n) is 0.250. The second-order valence-corrected chi connectivity index (χ2v) is 2.81. The summed E-state index contributed by atoms with van der Waals surface area (Å²) in [5, 5.41) is 0. The summed E-state index contributed by atoms with van der Waals surface area (Å²) < 4.78 is -0.271. The topological polar surface area (TPSA) is 0 Å². The molecule has 0 fully saturated rings. The van der Waals surface area contributed by atoms with Crippen LogP contribution in [0.5, 0.6) is 0 Å². The highest BCUT2D eigenvalue weighted by molar-refractivity contribution is 9.10. The summed E-state index contributed by atoms with van der Waals surface area (Å²) in [6.45, 7) is 10.8. The molecule has 0 aliphatic carbocycles. The molecule has 0 rings (SSSR count). The highest BCUT2D eigenvalue weighted by Gasteiger charge is 2.10. The maximum atomic E-state index is 3.59. The third-order valence-electron chi connectivity index (χ3n) is 0.939. The molecule has 0 saturated heterocycles. The Kier molecular flexibility index (Phi) is 2.77. The van der Waals surface area contributed by atoms with Gasteiger partial charge >= 0.3 is 0 Å². The van der Waals surface area contributed by atoms with Crippen molar-refractivity contribution in [2.45, 2.75) is 4.32 Å². The van der Waals surface area contributed by atoms with E-state index >= 15 is 0 Å². The van der Waals surface area contributed by atoms with Crippen molar-refractivity contribution >= 4 is 15.9 Å². The second-order valence-electron chi connectivity index (χ2n) is 1.44. The van der Waals surface area contributed by atoms with Gasteiger partial charge in [0.15, 0.2) is 0 Å². The van der Waals surface area contributed by atoms with Gasteiger partial charge in [-0.1, -0.05) is 34.2 Å². The SMILES string of the molecule is C=CC(Br)(C=C)C=C. The lowest BCUT2D eigenvalue weighted by atomic mass is 10.1. The van der Waals surface area contributed by atoms with Crippen LogP contribution in [0.4, 0.5) is 0 Å². The Morgan fingerprint density at radius 2 is 1.25 bits per heavy atom. The van der Waals surface area contributed by atoms with Crippen molar-refractivity contribution in [3.8, 4) is 0 Å². The standard InChI is InChI=1S/C7H9Br/c1-4-7(8,5-2)6-3/h4-6H,1-3H2. The molecule has 0 heterocycles. The molecule has 0 aliphatic heterocycles. The molecule has 0 aromatic carbocycles. The molecule has 0 aromatic heterocycles. The van der Waals surface area contributed by atoms with Gasteiger partial charge < -0.3 is 0 Å². The van der Waals surface area contributed by atoms with E-state index in [4.69, 9.17) is 0 Å². The van der Waals surface area contributed by atoms with Crippen LogP contribution in [0, 0.1) is 0 Å². The Morgan fingerprint density at radius 1 is 1.00 bits per heavy atom. The first-order chi connectivity index (χ1) is 3.68. The van der Waals surface area contributed by atoms with Crippen molar-refractivity contribution in [3.63, 3.8) is 0 Å². The molecule has 0 nitrogen and oxygen atoms in total. The number of hydrogen-bond acceptors (Lipinski definition) is 0. The van der Waals surface area contributed by atoms with Gasteiger partial charge in [-0.25, -0.2) is 0 Å². The number of halogens is 1. The smallest absolute Gasteiger partial charge is 0.0789 e. The maximum absolute atomic E-state index is 3.59. The van der Waals surface area contributed by atoms with Crippen LogP contribution in [-0.4, -0.2) is 4.32 Å². The minimum absolute atomic E-state index is 0.271. The van der Waals surface area contributed by atoms with Gasteiger partial charge in [0.05, 0.1) is 4.32 Å². The molecule has 44 valence electrons.